The standard InChI is InChI=1S/C26H21I2NO4S/c1-2-32-22-13-19(12-21(28)24(22)33-16-18-6-4-3-5-7-18)14-23-25(30)29(26(31)34-23)15-17-8-10-20(27)11-9-17/h3-14H,2,15-16H2,1H3/b23-14+. The molecule has 0 atom stereocenters. The Bertz CT molecular complexity index is 1230. The molecule has 5 nitrogen and oxygen atoms in total. The lowest BCUT2D eigenvalue weighted by Crippen LogP contribution is -2.27. The first kappa shape index (κ1) is 25.1. The quantitative estimate of drug-likeness (QED) is 0.186. The summed E-state index contributed by atoms with van der Waals surface area (Å²) in [5.41, 5.74) is 2.75. The van der Waals surface area contributed by atoms with Crippen LogP contribution in [0.25, 0.3) is 6.08 Å². The van der Waals surface area contributed by atoms with E-state index in [4.69, 9.17) is 9.47 Å². The van der Waals surface area contributed by atoms with Crippen LogP contribution in [0.3, 0.4) is 0 Å². The van der Waals surface area contributed by atoms with Crippen LogP contribution >= 0.6 is 56.9 Å². The maximum atomic E-state index is 13.0. The Balaban J connectivity index is 1.55. The SMILES string of the molecule is CCOc1cc(/C=C2/SC(=O)N(Cc3ccc(I)cc3)C2=O)cc(I)c1OCc1ccccc1. The molecule has 0 aliphatic carbocycles. The highest BCUT2D eigenvalue weighted by atomic mass is 127. The lowest BCUT2D eigenvalue weighted by Gasteiger charge is -2.15. The molecular weight excluding hydrogens is 676 g/mol. The zero-order valence-corrected chi connectivity index (χ0v) is 23.4. The van der Waals surface area contributed by atoms with E-state index in [-0.39, 0.29) is 17.7 Å². The fraction of sp³-hybridized carbons (Fsp3) is 0.154. The van der Waals surface area contributed by atoms with Crippen molar-refractivity contribution in [2.45, 2.75) is 20.1 Å². The molecule has 1 aliphatic rings. The van der Waals surface area contributed by atoms with Crippen molar-refractivity contribution in [3.8, 4) is 11.5 Å². The average molecular weight is 697 g/mol. The molecule has 1 heterocycles. The predicted octanol–water partition coefficient (Wildman–Crippen LogP) is 7.11. The summed E-state index contributed by atoms with van der Waals surface area (Å²) < 4.78 is 13.9. The van der Waals surface area contributed by atoms with Crippen LogP contribution in [-0.2, 0) is 17.9 Å². The van der Waals surface area contributed by atoms with Crippen molar-refractivity contribution in [1.29, 1.82) is 0 Å². The van der Waals surface area contributed by atoms with Gasteiger partial charge in [0.25, 0.3) is 11.1 Å². The number of thioether (sulfide) groups is 1. The summed E-state index contributed by atoms with van der Waals surface area (Å²) in [7, 11) is 0. The van der Waals surface area contributed by atoms with Crippen LogP contribution in [-0.4, -0.2) is 22.7 Å². The van der Waals surface area contributed by atoms with Crippen molar-refractivity contribution in [2.75, 3.05) is 6.61 Å². The van der Waals surface area contributed by atoms with Crippen LogP contribution in [0.2, 0.25) is 0 Å². The molecule has 1 aliphatic heterocycles. The van der Waals surface area contributed by atoms with Gasteiger partial charge >= 0.3 is 0 Å². The van der Waals surface area contributed by atoms with Crippen LogP contribution in [0.5, 0.6) is 11.5 Å². The molecule has 4 rings (SSSR count). The molecule has 1 saturated heterocycles. The second-order valence-electron chi connectivity index (χ2n) is 7.43. The summed E-state index contributed by atoms with van der Waals surface area (Å²) in [4.78, 5) is 27.2. The summed E-state index contributed by atoms with van der Waals surface area (Å²) in [6, 6.07) is 21.5. The number of carbonyl (C=O) groups is 2. The third-order valence-corrected chi connectivity index (χ3v) is 7.41. The molecule has 0 bridgehead atoms. The van der Waals surface area contributed by atoms with Crippen LogP contribution in [0.15, 0.2) is 71.6 Å². The molecule has 0 spiro atoms. The van der Waals surface area contributed by atoms with E-state index in [1.165, 1.54) is 4.90 Å². The Kier molecular flexibility index (Phi) is 8.54. The minimum atomic E-state index is -0.286. The van der Waals surface area contributed by atoms with E-state index in [1.54, 1.807) is 6.08 Å². The van der Waals surface area contributed by atoms with Gasteiger partial charge in [-0.1, -0.05) is 42.5 Å². The number of ether oxygens (including phenoxy) is 2. The zero-order valence-electron chi connectivity index (χ0n) is 18.3. The highest BCUT2D eigenvalue weighted by Gasteiger charge is 2.35. The third-order valence-electron chi connectivity index (χ3n) is 4.98. The number of nitrogens with zero attached hydrogens (tertiary/aromatic N) is 1. The second kappa shape index (κ2) is 11.6. The molecule has 1 fully saturated rings. The molecule has 34 heavy (non-hydrogen) atoms. The summed E-state index contributed by atoms with van der Waals surface area (Å²) in [6.45, 7) is 3.07. The fourth-order valence-corrected chi connectivity index (χ4v) is 5.34. The van der Waals surface area contributed by atoms with E-state index in [0.717, 1.165) is 35.6 Å². The molecule has 3 aromatic carbocycles. The van der Waals surface area contributed by atoms with Crippen molar-refractivity contribution in [2.24, 2.45) is 0 Å². The van der Waals surface area contributed by atoms with Gasteiger partial charge in [-0.3, -0.25) is 14.5 Å². The van der Waals surface area contributed by atoms with E-state index >= 15 is 0 Å². The number of halogens is 2. The second-order valence-corrected chi connectivity index (χ2v) is 10.8. The van der Waals surface area contributed by atoms with Gasteiger partial charge in [0.15, 0.2) is 11.5 Å². The molecule has 0 radical (unpaired) electrons. The first-order valence-corrected chi connectivity index (χ1v) is 13.5. The van der Waals surface area contributed by atoms with Gasteiger partial charge in [-0.2, -0.15) is 0 Å². The van der Waals surface area contributed by atoms with E-state index in [9.17, 15) is 9.59 Å². The Morgan fingerprint density at radius 2 is 1.68 bits per heavy atom. The number of hydrogen-bond acceptors (Lipinski definition) is 5. The molecule has 0 aromatic heterocycles. The predicted molar refractivity (Wildman–Crippen MR) is 152 cm³/mol. The molecule has 2 amide bonds. The maximum absolute atomic E-state index is 13.0. The zero-order chi connectivity index (χ0) is 24.1. The number of carbonyl (C=O) groups excluding carboxylic acids is 2. The summed E-state index contributed by atoms with van der Waals surface area (Å²) >= 11 is 5.39. The van der Waals surface area contributed by atoms with Gasteiger partial charge < -0.3 is 9.47 Å². The van der Waals surface area contributed by atoms with Crippen molar-refractivity contribution < 1.29 is 19.1 Å². The van der Waals surface area contributed by atoms with Crippen molar-refractivity contribution in [3.05, 3.63) is 95.5 Å². The third kappa shape index (κ3) is 6.14. The van der Waals surface area contributed by atoms with Crippen molar-refractivity contribution in [3.63, 3.8) is 0 Å². The molecule has 0 unspecified atom stereocenters. The van der Waals surface area contributed by atoms with Crippen molar-refractivity contribution >= 4 is 74.2 Å². The highest BCUT2D eigenvalue weighted by molar-refractivity contribution is 14.1. The average Bonchev–Trinajstić information content (AvgIpc) is 3.08. The first-order chi connectivity index (χ1) is 16.4. The van der Waals surface area contributed by atoms with Gasteiger partial charge in [-0.05, 0) is 111 Å². The Hall–Kier alpha value is -2.05. The van der Waals surface area contributed by atoms with Gasteiger partial charge in [-0.25, -0.2) is 0 Å². The minimum Gasteiger partial charge on any atom is -0.490 e. The Labute approximate surface area is 230 Å². The molecule has 0 N–H and O–H groups in total. The minimum absolute atomic E-state index is 0.257. The van der Waals surface area contributed by atoms with E-state index in [2.05, 4.69) is 45.2 Å². The van der Waals surface area contributed by atoms with E-state index < -0.39 is 0 Å². The Morgan fingerprint density at radius 3 is 2.38 bits per heavy atom. The van der Waals surface area contributed by atoms with Crippen LogP contribution in [0.4, 0.5) is 4.79 Å². The van der Waals surface area contributed by atoms with Crippen LogP contribution in [0, 0.1) is 7.14 Å². The smallest absolute Gasteiger partial charge is 0.293 e. The maximum Gasteiger partial charge on any atom is 0.293 e. The molecule has 3 aromatic rings. The van der Waals surface area contributed by atoms with Gasteiger partial charge in [0, 0.05) is 3.57 Å². The number of benzene rings is 3. The highest BCUT2D eigenvalue weighted by Crippen LogP contribution is 2.38. The molecular formula is C26H21I2NO4S. The van der Waals surface area contributed by atoms with Crippen LogP contribution in [0.1, 0.15) is 23.6 Å². The lowest BCUT2D eigenvalue weighted by molar-refractivity contribution is -0.123. The number of amides is 2. The molecule has 8 heteroatoms. The fourth-order valence-electron chi connectivity index (χ4n) is 3.36. The lowest BCUT2D eigenvalue weighted by atomic mass is 10.1. The normalized spacial score (nSPS) is 14.7. The number of hydrogen-bond donors (Lipinski definition) is 0. The summed E-state index contributed by atoms with van der Waals surface area (Å²) in [6.07, 6.45) is 1.74. The van der Waals surface area contributed by atoms with E-state index in [1.807, 2.05) is 73.7 Å². The van der Waals surface area contributed by atoms with Crippen molar-refractivity contribution in [1.82, 2.24) is 4.90 Å². The van der Waals surface area contributed by atoms with Gasteiger partial charge in [0.2, 0.25) is 0 Å². The molecule has 174 valence electrons. The summed E-state index contributed by atoms with van der Waals surface area (Å²) in [5, 5.41) is -0.266. The topological polar surface area (TPSA) is 55.8 Å². The first-order valence-electron chi connectivity index (χ1n) is 10.6. The van der Waals surface area contributed by atoms with Gasteiger partial charge in [-0.15, -0.1) is 0 Å². The Morgan fingerprint density at radius 1 is 0.941 bits per heavy atom. The summed E-state index contributed by atoms with van der Waals surface area (Å²) in [5.74, 6) is 0.982. The number of imide groups is 1. The van der Waals surface area contributed by atoms with Gasteiger partial charge in [0.1, 0.15) is 6.61 Å². The number of rotatable bonds is 8. The monoisotopic (exact) mass is 697 g/mol. The van der Waals surface area contributed by atoms with Crippen LogP contribution < -0.4 is 9.47 Å². The van der Waals surface area contributed by atoms with Gasteiger partial charge in [0.05, 0.1) is 21.6 Å². The molecule has 0 saturated carbocycles. The largest absolute Gasteiger partial charge is 0.490 e. The van der Waals surface area contributed by atoms with E-state index in [0.29, 0.717) is 29.6 Å².